The van der Waals surface area contributed by atoms with Gasteiger partial charge in [-0.25, -0.2) is 4.79 Å². The number of alkyl carbamates (subject to hydrolysis) is 1. The molecule has 0 heterocycles. The SMILES string of the molecule is O=C(NCCC(O)C(O)c1ccccc1O)OCc1ccccc1. The number of aliphatic hydroxyl groups is 2. The Kier molecular flexibility index (Phi) is 6.60. The van der Waals surface area contributed by atoms with Gasteiger partial charge in [-0.1, -0.05) is 48.5 Å². The minimum atomic E-state index is -1.23. The standard InChI is InChI=1S/C18H21NO5/c20-15-9-5-4-8-14(15)17(22)16(21)10-11-19-18(23)24-12-13-6-2-1-3-7-13/h1-9,16-17,20-22H,10-12H2,(H,19,23). The summed E-state index contributed by atoms with van der Waals surface area (Å²) in [6, 6.07) is 15.5. The van der Waals surface area contributed by atoms with Gasteiger partial charge in [0, 0.05) is 12.1 Å². The first-order valence-corrected chi connectivity index (χ1v) is 7.66. The van der Waals surface area contributed by atoms with Crippen LogP contribution in [0, 0.1) is 0 Å². The van der Waals surface area contributed by atoms with Crippen LogP contribution in [0.4, 0.5) is 4.79 Å². The van der Waals surface area contributed by atoms with Gasteiger partial charge in [-0.15, -0.1) is 0 Å². The van der Waals surface area contributed by atoms with Gasteiger partial charge >= 0.3 is 6.09 Å². The van der Waals surface area contributed by atoms with E-state index in [0.717, 1.165) is 5.56 Å². The molecule has 0 radical (unpaired) electrons. The van der Waals surface area contributed by atoms with Gasteiger partial charge < -0.3 is 25.4 Å². The molecule has 128 valence electrons. The number of carbonyl (C=O) groups is 1. The molecule has 0 aliphatic heterocycles. The van der Waals surface area contributed by atoms with Crippen LogP contribution in [-0.4, -0.2) is 34.1 Å². The third kappa shape index (κ3) is 5.26. The van der Waals surface area contributed by atoms with Gasteiger partial charge in [-0.2, -0.15) is 0 Å². The van der Waals surface area contributed by atoms with E-state index in [1.807, 2.05) is 30.3 Å². The molecular weight excluding hydrogens is 310 g/mol. The minimum absolute atomic E-state index is 0.0840. The second kappa shape index (κ2) is 8.90. The number of nitrogens with one attached hydrogen (secondary N) is 1. The van der Waals surface area contributed by atoms with Gasteiger partial charge in [0.15, 0.2) is 0 Å². The first-order valence-electron chi connectivity index (χ1n) is 7.66. The van der Waals surface area contributed by atoms with E-state index >= 15 is 0 Å². The number of benzene rings is 2. The molecule has 2 rings (SSSR count). The summed E-state index contributed by atoms with van der Waals surface area (Å²) in [7, 11) is 0. The van der Waals surface area contributed by atoms with E-state index in [4.69, 9.17) is 4.74 Å². The summed E-state index contributed by atoms with van der Waals surface area (Å²) < 4.78 is 5.04. The van der Waals surface area contributed by atoms with Crippen molar-refractivity contribution >= 4 is 6.09 Å². The van der Waals surface area contributed by atoms with Gasteiger partial charge in [0.25, 0.3) is 0 Å². The molecule has 0 saturated carbocycles. The third-order valence-electron chi connectivity index (χ3n) is 3.54. The Balaban J connectivity index is 1.71. The topological polar surface area (TPSA) is 99.0 Å². The molecule has 24 heavy (non-hydrogen) atoms. The first-order chi connectivity index (χ1) is 11.6. The van der Waals surface area contributed by atoms with E-state index in [1.165, 1.54) is 12.1 Å². The molecule has 2 aromatic rings. The number of phenolic OH excluding ortho intramolecular Hbond substituents is 1. The van der Waals surface area contributed by atoms with Crippen LogP contribution in [0.1, 0.15) is 23.7 Å². The number of aliphatic hydroxyl groups excluding tert-OH is 2. The zero-order valence-electron chi connectivity index (χ0n) is 13.1. The molecule has 0 bridgehead atoms. The van der Waals surface area contributed by atoms with Crippen LogP contribution in [0.2, 0.25) is 0 Å². The fraction of sp³-hybridized carbons (Fsp3) is 0.278. The molecule has 2 aromatic carbocycles. The van der Waals surface area contributed by atoms with Gasteiger partial charge in [0.2, 0.25) is 0 Å². The van der Waals surface area contributed by atoms with Crippen molar-refractivity contribution in [3.63, 3.8) is 0 Å². The maximum absolute atomic E-state index is 11.6. The van der Waals surface area contributed by atoms with Gasteiger partial charge in [0.1, 0.15) is 18.5 Å². The van der Waals surface area contributed by atoms with Crippen molar-refractivity contribution in [3.8, 4) is 5.75 Å². The number of rotatable bonds is 7. The van der Waals surface area contributed by atoms with E-state index < -0.39 is 18.3 Å². The highest BCUT2D eigenvalue weighted by atomic mass is 16.5. The van der Waals surface area contributed by atoms with Crippen LogP contribution in [0.25, 0.3) is 0 Å². The van der Waals surface area contributed by atoms with Crippen LogP contribution >= 0.6 is 0 Å². The zero-order chi connectivity index (χ0) is 17.4. The Morgan fingerprint density at radius 2 is 1.71 bits per heavy atom. The summed E-state index contributed by atoms with van der Waals surface area (Å²) in [5, 5.41) is 32.2. The summed E-state index contributed by atoms with van der Waals surface area (Å²) in [5.74, 6) is -0.0840. The number of ether oxygens (including phenoxy) is 1. The zero-order valence-corrected chi connectivity index (χ0v) is 13.1. The molecule has 0 aliphatic rings. The molecule has 0 aromatic heterocycles. The molecule has 0 saturated heterocycles. The Bertz CT molecular complexity index is 647. The molecule has 0 spiro atoms. The maximum Gasteiger partial charge on any atom is 0.407 e. The molecule has 6 heteroatoms. The Labute approximate surface area is 140 Å². The molecule has 0 fully saturated rings. The van der Waals surface area contributed by atoms with Gasteiger partial charge in [-0.3, -0.25) is 0 Å². The van der Waals surface area contributed by atoms with Crippen molar-refractivity contribution < 1.29 is 24.9 Å². The number of amides is 1. The summed E-state index contributed by atoms with van der Waals surface area (Å²) in [4.78, 5) is 11.6. The third-order valence-corrected chi connectivity index (χ3v) is 3.54. The summed E-state index contributed by atoms with van der Waals surface area (Å²) in [5.41, 5.74) is 1.12. The highest BCUT2D eigenvalue weighted by molar-refractivity contribution is 5.67. The Hall–Kier alpha value is -2.57. The lowest BCUT2D eigenvalue weighted by molar-refractivity contribution is 0.0123. The Morgan fingerprint density at radius 3 is 2.42 bits per heavy atom. The lowest BCUT2D eigenvalue weighted by atomic mass is 10.0. The van der Waals surface area contributed by atoms with Crippen LogP contribution in [0.5, 0.6) is 5.75 Å². The molecular formula is C18H21NO5. The van der Waals surface area contributed by atoms with E-state index in [0.29, 0.717) is 0 Å². The normalized spacial score (nSPS) is 13.1. The monoisotopic (exact) mass is 331 g/mol. The Morgan fingerprint density at radius 1 is 1.04 bits per heavy atom. The van der Waals surface area contributed by atoms with E-state index in [-0.39, 0.29) is 30.9 Å². The summed E-state index contributed by atoms with van der Waals surface area (Å²) in [6.45, 7) is 0.301. The molecule has 1 amide bonds. The number of phenols is 1. The highest BCUT2D eigenvalue weighted by Crippen LogP contribution is 2.26. The van der Waals surface area contributed by atoms with Crippen molar-refractivity contribution in [1.29, 1.82) is 0 Å². The predicted octanol–water partition coefficient (Wildman–Crippen LogP) is 2.10. The fourth-order valence-corrected chi connectivity index (χ4v) is 2.20. The lowest BCUT2D eigenvalue weighted by Crippen LogP contribution is -2.29. The largest absolute Gasteiger partial charge is 0.508 e. The van der Waals surface area contributed by atoms with Crippen LogP contribution in [-0.2, 0) is 11.3 Å². The molecule has 4 N–H and O–H groups in total. The molecule has 2 unspecified atom stereocenters. The number of carbonyl (C=O) groups excluding carboxylic acids is 1. The second-order valence-electron chi connectivity index (χ2n) is 5.35. The second-order valence-corrected chi connectivity index (χ2v) is 5.35. The molecule has 6 nitrogen and oxygen atoms in total. The maximum atomic E-state index is 11.6. The number of hydrogen-bond acceptors (Lipinski definition) is 5. The average molecular weight is 331 g/mol. The highest BCUT2D eigenvalue weighted by Gasteiger charge is 2.20. The van der Waals surface area contributed by atoms with Gasteiger partial charge in [0.05, 0.1) is 6.10 Å². The van der Waals surface area contributed by atoms with Crippen molar-refractivity contribution in [2.24, 2.45) is 0 Å². The van der Waals surface area contributed by atoms with Gasteiger partial charge in [-0.05, 0) is 18.1 Å². The first kappa shape index (κ1) is 17.8. The number of hydrogen-bond donors (Lipinski definition) is 4. The van der Waals surface area contributed by atoms with Crippen LogP contribution in [0.15, 0.2) is 54.6 Å². The summed E-state index contributed by atoms with van der Waals surface area (Å²) in [6.07, 6.45) is -2.82. The van der Waals surface area contributed by atoms with Crippen molar-refractivity contribution in [1.82, 2.24) is 5.32 Å². The quantitative estimate of drug-likeness (QED) is 0.623. The lowest BCUT2D eigenvalue weighted by Gasteiger charge is -2.19. The van der Waals surface area contributed by atoms with E-state index in [1.54, 1.807) is 12.1 Å². The molecule has 2 atom stereocenters. The van der Waals surface area contributed by atoms with E-state index in [9.17, 15) is 20.1 Å². The molecule has 0 aliphatic carbocycles. The van der Waals surface area contributed by atoms with Crippen LogP contribution in [0.3, 0.4) is 0 Å². The number of aromatic hydroxyl groups is 1. The van der Waals surface area contributed by atoms with E-state index in [2.05, 4.69) is 5.32 Å². The minimum Gasteiger partial charge on any atom is -0.508 e. The predicted molar refractivity (Wildman–Crippen MR) is 88.3 cm³/mol. The number of para-hydroxylation sites is 1. The van der Waals surface area contributed by atoms with Crippen molar-refractivity contribution in [2.75, 3.05) is 6.54 Å². The van der Waals surface area contributed by atoms with Crippen molar-refractivity contribution in [3.05, 3.63) is 65.7 Å². The van der Waals surface area contributed by atoms with Crippen LogP contribution < -0.4 is 5.32 Å². The smallest absolute Gasteiger partial charge is 0.407 e. The summed E-state index contributed by atoms with van der Waals surface area (Å²) >= 11 is 0. The average Bonchev–Trinajstić information content (AvgIpc) is 2.60. The van der Waals surface area contributed by atoms with Crippen molar-refractivity contribution in [2.45, 2.75) is 25.2 Å². The fourth-order valence-electron chi connectivity index (χ4n) is 2.20.